The van der Waals surface area contributed by atoms with Gasteiger partial charge in [-0.2, -0.15) is 18.3 Å². The molecule has 200 valence electrons. The number of carbonyl (C=O) groups excluding carboxylic acids is 1. The molecule has 0 fully saturated rings. The Kier molecular flexibility index (Phi) is 8.11. The third-order valence-electron chi connectivity index (χ3n) is 5.53. The predicted molar refractivity (Wildman–Crippen MR) is 137 cm³/mol. The number of aromatic nitrogens is 1. The van der Waals surface area contributed by atoms with Crippen molar-refractivity contribution in [1.82, 2.24) is 15.3 Å². The first-order chi connectivity index (χ1) is 18.0. The highest BCUT2D eigenvalue weighted by Crippen LogP contribution is 2.41. The zero-order valence-corrected chi connectivity index (χ0v) is 21.6. The standard InChI is InChI=1S/C23H19Cl2F3N6O3S/c24-14-2-1-3-15(25)20(14)38-16-7-17(23(26,27)28)31-21(35)19(16)22(36)34-8-11-4-5-13(6-12(11)9-34)37-10-18(32-29)33-30/h1-7H,8-10,29-30H2,(H,31,35)(H,32,33). The number of nitrogens with one attached hydrogen (secondary N) is 2. The van der Waals surface area contributed by atoms with Crippen LogP contribution in [0.4, 0.5) is 13.2 Å². The number of rotatable bonds is 6. The third kappa shape index (κ3) is 5.85. The van der Waals surface area contributed by atoms with Gasteiger partial charge in [-0.05, 0) is 41.5 Å². The van der Waals surface area contributed by atoms with Crippen LogP contribution < -0.4 is 27.4 Å². The highest BCUT2D eigenvalue weighted by atomic mass is 35.5. The lowest BCUT2D eigenvalue weighted by molar-refractivity contribution is -0.141. The molecule has 1 aromatic heterocycles. The number of fused-ring (bicyclic) bond motifs is 1. The van der Waals surface area contributed by atoms with Crippen LogP contribution in [0.3, 0.4) is 0 Å². The van der Waals surface area contributed by atoms with Crippen LogP contribution in [0.5, 0.6) is 5.75 Å². The molecule has 0 unspecified atom stereocenters. The van der Waals surface area contributed by atoms with E-state index in [-0.39, 0.29) is 45.4 Å². The molecule has 38 heavy (non-hydrogen) atoms. The van der Waals surface area contributed by atoms with E-state index in [2.05, 4.69) is 10.5 Å². The van der Waals surface area contributed by atoms with Gasteiger partial charge in [-0.15, -0.1) is 0 Å². The van der Waals surface area contributed by atoms with E-state index in [1.807, 2.05) is 0 Å². The molecule has 0 saturated heterocycles. The minimum Gasteiger partial charge on any atom is -0.486 e. The van der Waals surface area contributed by atoms with Crippen LogP contribution in [0.1, 0.15) is 27.2 Å². The Morgan fingerprint density at radius 2 is 1.84 bits per heavy atom. The van der Waals surface area contributed by atoms with Crippen LogP contribution in [0, 0.1) is 0 Å². The van der Waals surface area contributed by atoms with Gasteiger partial charge in [-0.1, -0.05) is 47.1 Å². The number of aromatic amines is 1. The number of halogens is 5. The molecule has 1 aliphatic heterocycles. The monoisotopic (exact) mass is 586 g/mol. The summed E-state index contributed by atoms with van der Waals surface area (Å²) < 4.78 is 46.1. The fourth-order valence-electron chi connectivity index (χ4n) is 3.69. The van der Waals surface area contributed by atoms with Crippen molar-refractivity contribution in [1.29, 1.82) is 0 Å². The molecule has 0 bridgehead atoms. The first-order valence-electron chi connectivity index (χ1n) is 10.8. The number of ether oxygens (including phenoxy) is 1. The third-order valence-corrected chi connectivity index (χ3v) is 7.57. The molecule has 2 heterocycles. The molecule has 9 nitrogen and oxygen atoms in total. The second-order valence-electron chi connectivity index (χ2n) is 8.00. The predicted octanol–water partition coefficient (Wildman–Crippen LogP) is 4.12. The molecule has 4 rings (SSSR count). The summed E-state index contributed by atoms with van der Waals surface area (Å²) in [5, 5.41) is 3.73. The minimum atomic E-state index is -4.85. The Labute approximate surface area is 227 Å². The maximum atomic E-state index is 13.5. The van der Waals surface area contributed by atoms with Gasteiger partial charge in [0.05, 0.1) is 10.0 Å². The Hall–Kier alpha value is -3.39. The number of hydrazone groups is 1. The number of nitrogens with two attached hydrogens (primary N) is 2. The number of hydrogen-bond donors (Lipinski definition) is 4. The average molecular weight is 587 g/mol. The van der Waals surface area contributed by atoms with Crippen LogP contribution in [-0.2, 0) is 19.3 Å². The van der Waals surface area contributed by atoms with Gasteiger partial charge in [0.1, 0.15) is 23.6 Å². The molecule has 0 radical (unpaired) electrons. The molecule has 6 N–H and O–H groups in total. The van der Waals surface area contributed by atoms with E-state index >= 15 is 0 Å². The molecular weight excluding hydrogens is 568 g/mol. The Morgan fingerprint density at radius 1 is 1.16 bits per heavy atom. The minimum absolute atomic E-state index is 0.0272. The summed E-state index contributed by atoms with van der Waals surface area (Å²) in [5.74, 6) is 10.4. The van der Waals surface area contributed by atoms with Crippen molar-refractivity contribution >= 4 is 46.7 Å². The van der Waals surface area contributed by atoms with Crippen LogP contribution >= 0.6 is 35.0 Å². The van der Waals surface area contributed by atoms with E-state index in [1.54, 1.807) is 29.2 Å². The number of H-pyrrole nitrogens is 1. The number of amidine groups is 1. The summed E-state index contributed by atoms with van der Waals surface area (Å²) in [5.41, 5.74) is 0.857. The Balaban J connectivity index is 1.66. The maximum Gasteiger partial charge on any atom is 0.431 e. The number of alkyl halides is 3. The SMILES string of the molecule is N/N=C(/COc1ccc2c(c1)CN(C(=O)c1c(Sc3c(Cl)cccc3Cl)cc(C(F)(F)F)[nH]c1=O)C2)NN. The first-order valence-corrected chi connectivity index (χ1v) is 12.3. The second-order valence-corrected chi connectivity index (χ2v) is 9.87. The van der Waals surface area contributed by atoms with Crippen molar-refractivity contribution in [3.63, 3.8) is 0 Å². The van der Waals surface area contributed by atoms with Gasteiger partial charge in [0.2, 0.25) is 0 Å². The second kappa shape index (κ2) is 11.2. The molecule has 0 atom stereocenters. The molecule has 3 aromatic rings. The maximum absolute atomic E-state index is 13.5. The van der Waals surface area contributed by atoms with Crippen LogP contribution in [0.25, 0.3) is 0 Å². The number of benzene rings is 2. The van der Waals surface area contributed by atoms with Gasteiger partial charge in [-0.3, -0.25) is 9.59 Å². The average Bonchev–Trinajstić information content (AvgIpc) is 3.29. The number of carbonyl (C=O) groups is 1. The van der Waals surface area contributed by atoms with Gasteiger partial charge >= 0.3 is 6.18 Å². The number of hydrazine groups is 1. The summed E-state index contributed by atoms with van der Waals surface area (Å²) in [6, 6.07) is 10.4. The molecular formula is C23H19Cl2F3N6O3S. The van der Waals surface area contributed by atoms with Crippen LogP contribution in [-0.4, -0.2) is 28.2 Å². The number of hydrogen-bond acceptors (Lipinski definition) is 7. The van der Waals surface area contributed by atoms with E-state index < -0.39 is 28.9 Å². The van der Waals surface area contributed by atoms with Gasteiger partial charge < -0.3 is 25.9 Å². The number of amides is 1. The van der Waals surface area contributed by atoms with Crippen molar-refractivity contribution < 1.29 is 22.7 Å². The lowest BCUT2D eigenvalue weighted by atomic mass is 10.1. The van der Waals surface area contributed by atoms with E-state index in [0.29, 0.717) is 23.6 Å². The fraction of sp³-hybridized carbons (Fsp3) is 0.174. The quantitative estimate of drug-likeness (QED) is 0.147. The van der Waals surface area contributed by atoms with Crippen LogP contribution in [0.15, 0.2) is 62.2 Å². The molecule has 0 aliphatic carbocycles. The fourth-order valence-corrected chi connectivity index (χ4v) is 5.33. The van der Waals surface area contributed by atoms with Gasteiger partial charge in [0.15, 0.2) is 5.84 Å². The van der Waals surface area contributed by atoms with E-state index in [0.717, 1.165) is 11.1 Å². The zero-order chi connectivity index (χ0) is 27.6. The van der Waals surface area contributed by atoms with E-state index in [1.165, 1.54) is 17.0 Å². The number of pyridine rings is 1. The molecule has 1 aliphatic rings. The van der Waals surface area contributed by atoms with Crippen molar-refractivity contribution in [2.75, 3.05) is 6.61 Å². The highest BCUT2D eigenvalue weighted by Gasteiger charge is 2.36. The normalized spacial score (nSPS) is 13.4. The van der Waals surface area contributed by atoms with Crippen molar-refractivity contribution in [3.05, 3.63) is 85.2 Å². The summed E-state index contributed by atoms with van der Waals surface area (Å²) in [4.78, 5) is 29.5. The van der Waals surface area contributed by atoms with Gasteiger partial charge in [0, 0.05) is 22.9 Å². The molecule has 0 saturated carbocycles. The molecule has 15 heteroatoms. The smallest absolute Gasteiger partial charge is 0.431 e. The van der Waals surface area contributed by atoms with Gasteiger partial charge in [0.25, 0.3) is 11.5 Å². The van der Waals surface area contributed by atoms with Crippen molar-refractivity contribution in [2.24, 2.45) is 16.8 Å². The summed E-state index contributed by atoms with van der Waals surface area (Å²) in [6.45, 7) is 0.196. The lowest BCUT2D eigenvalue weighted by Crippen LogP contribution is -2.35. The molecule has 0 spiro atoms. The largest absolute Gasteiger partial charge is 0.486 e. The summed E-state index contributed by atoms with van der Waals surface area (Å²) in [7, 11) is 0. The van der Waals surface area contributed by atoms with E-state index in [4.69, 9.17) is 39.6 Å². The van der Waals surface area contributed by atoms with Crippen molar-refractivity contribution in [2.45, 2.75) is 29.1 Å². The van der Waals surface area contributed by atoms with E-state index in [9.17, 15) is 22.8 Å². The summed E-state index contributed by atoms with van der Waals surface area (Å²) >= 11 is 13.1. The first kappa shape index (κ1) is 27.6. The topological polar surface area (TPSA) is 139 Å². The zero-order valence-electron chi connectivity index (χ0n) is 19.2. The Morgan fingerprint density at radius 3 is 2.47 bits per heavy atom. The van der Waals surface area contributed by atoms with Gasteiger partial charge in [-0.25, -0.2) is 5.84 Å². The van der Waals surface area contributed by atoms with Crippen LogP contribution in [0.2, 0.25) is 10.0 Å². The molecule has 2 aromatic carbocycles. The molecule has 1 amide bonds. The van der Waals surface area contributed by atoms with Crippen molar-refractivity contribution in [3.8, 4) is 5.75 Å². The lowest BCUT2D eigenvalue weighted by Gasteiger charge is -2.18. The summed E-state index contributed by atoms with van der Waals surface area (Å²) in [6.07, 6.45) is -4.85. The number of nitrogens with zero attached hydrogens (tertiary/aromatic N) is 2. The highest BCUT2D eigenvalue weighted by molar-refractivity contribution is 7.99. The Bertz CT molecular complexity index is 1460.